The zero-order valence-electron chi connectivity index (χ0n) is 15.9. The average Bonchev–Trinajstić information content (AvgIpc) is 3.04. The molecule has 0 spiro atoms. The van der Waals surface area contributed by atoms with Crippen LogP contribution in [0.2, 0.25) is 0 Å². The van der Waals surface area contributed by atoms with Gasteiger partial charge >= 0.3 is 0 Å². The number of hydrogen-bond acceptors (Lipinski definition) is 5. The van der Waals surface area contributed by atoms with Gasteiger partial charge in [0.05, 0.1) is 5.75 Å². The van der Waals surface area contributed by atoms with E-state index < -0.39 is 0 Å². The number of rotatable bonds is 5. The summed E-state index contributed by atoms with van der Waals surface area (Å²) in [5.41, 5.74) is 2.73. The Morgan fingerprint density at radius 2 is 1.89 bits per heavy atom. The third kappa shape index (κ3) is 4.95. The molecule has 0 bridgehead atoms. The molecule has 7 heteroatoms. The minimum absolute atomic E-state index is 0.0334. The summed E-state index contributed by atoms with van der Waals surface area (Å²) >= 11 is 1.37. The smallest absolute Gasteiger partial charge is 0.230 e. The highest BCUT2D eigenvalue weighted by Crippen LogP contribution is 2.27. The maximum Gasteiger partial charge on any atom is 0.230 e. The summed E-state index contributed by atoms with van der Waals surface area (Å²) in [5.74, 6) is 0.938. The van der Waals surface area contributed by atoms with Crippen molar-refractivity contribution in [3.63, 3.8) is 0 Å². The van der Waals surface area contributed by atoms with Gasteiger partial charge in [0.15, 0.2) is 11.0 Å². The van der Waals surface area contributed by atoms with E-state index in [1.165, 1.54) is 17.3 Å². The first kappa shape index (κ1) is 19.1. The predicted octanol–water partition coefficient (Wildman–Crippen LogP) is 3.64. The zero-order valence-corrected chi connectivity index (χ0v) is 16.7. The molecule has 2 heterocycles. The lowest BCUT2D eigenvalue weighted by molar-refractivity contribution is -0.119. The Balaban J connectivity index is 1.93. The number of carbonyl (C=O) groups excluding carboxylic acids is 1. The lowest BCUT2D eigenvalue weighted by Crippen LogP contribution is -2.41. The van der Waals surface area contributed by atoms with Crippen molar-refractivity contribution >= 4 is 17.7 Å². The summed E-state index contributed by atoms with van der Waals surface area (Å²) in [5, 5.41) is 12.3. The van der Waals surface area contributed by atoms with Crippen LogP contribution in [0, 0.1) is 6.92 Å². The summed E-state index contributed by atoms with van der Waals surface area (Å²) < 4.78 is 1.96. The molecule has 0 aliphatic rings. The van der Waals surface area contributed by atoms with Gasteiger partial charge in [-0.25, -0.2) is 0 Å². The number of aryl methyl sites for hydroxylation is 1. The van der Waals surface area contributed by atoms with Gasteiger partial charge in [0.1, 0.15) is 0 Å². The lowest BCUT2D eigenvalue weighted by atomic mass is 10.1. The van der Waals surface area contributed by atoms with Gasteiger partial charge in [-0.15, -0.1) is 10.2 Å². The molecule has 0 unspecified atom stereocenters. The fourth-order valence-electron chi connectivity index (χ4n) is 2.56. The van der Waals surface area contributed by atoms with E-state index in [1.54, 1.807) is 12.4 Å². The number of thioether (sulfide) groups is 1. The van der Waals surface area contributed by atoms with Crippen LogP contribution in [0.5, 0.6) is 0 Å². The molecule has 3 rings (SSSR count). The predicted molar refractivity (Wildman–Crippen MR) is 108 cm³/mol. The molecule has 2 aromatic heterocycles. The molecular weight excluding hydrogens is 358 g/mol. The molecule has 27 heavy (non-hydrogen) atoms. The first-order valence-corrected chi connectivity index (χ1v) is 9.69. The van der Waals surface area contributed by atoms with Crippen LogP contribution in [0.3, 0.4) is 0 Å². The van der Waals surface area contributed by atoms with Crippen LogP contribution in [-0.4, -0.2) is 36.9 Å². The van der Waals surface area contributed by atoms with Crippen LogP contribution < -0.4 is 5.32 Å². The molecule has 0 saturated heterocycles. The van der Waals surface area contributed by atoms with Gasteiger partial charge in [0, 0.05) is 29.2 Å². The van der Waals surface area contributed by atoms with Crippen molar-refractivity contribution in [3.05, 3.63) is 54.4 Å². The van der Waals surface area contributed by atoms with Crippen LogP contribution in [0.4, 0.5) is 0 Å². The molecule has 0 aliphatic heterocycles. The van der Waals surface area contributed by atoms with E-state index in [9.17, 15) is 4.79 Å². The maximum atomic E-state index is 12.2. The summed E-state index contributed by atoms with van der Waals surface area (Å²) in [6.07, 6.45) is 3.48. The summed E-state index contributed by atoms with van der Waals surface area (Å²) in [4.78, 5) is 16.4. The summed E-state index contributed by atoms with van der Waals surface area (Å²) in [7, 11) is 0. The second kappa shape index (κ2) is 7.92. The van der Waals surface area contributed by atoms with Crippen LogP contribution in [0.15, 0.2) is 53.9 Å². The van der Waals surface area contributed by atoms with Crippen LogP contribution >= 0.6 is 11.8 Å². The van der Waals surface area contributed by atoms with Gasteiger partial charge in [0.2, 0.25) is 5.91 Å². The minimum atomic E-state index is -0.261. The first-order valence-electron chi connectivity index (χ1n) is 8.70. The van der Waals surface area contributed by atoms with Crippen molar-refractivity contribution < 1.29 is 4.79 Å². The topological polar surface area (TPSA) is 72.7 Å². The van der Waals surface area contributed by atoms with Crippen LogP contribution in [0.25, 0.3) is 17.1 Å². The minimum Gasteiger partial charge on any atom is -0.351 e. The van der Waals surface area contributed by atoms with E-state index in [0.717, 1.165) is 11.3 Å². The van der Waals surface area contributed by atoms with Crippen molar-refractivity contribution in [1.29, 1.82) is 0 Å². The molecule has 6 nitrogen and oxygen atoms in total. The van der Waals surface area contributed by atoms with Gasteiger partial charge in [-0.1, -0.05) is 29.5 Å². The first-order chi connectivity index (χ1) is 12.8. The highest BCUT2D eigenvalue weighted by Gasteiger charge is 2.19. The number of nitrogens with one attached hydrogen (secondary N) is 1. The molecule has 0 aliphatic carbocycles. The fourth-order valence-corrected chi connectivity index (χ4v) is 3.31. The van der Waals surface area contributed by atoms with Crippen molar-refractivity contribution in [3.8, 4) is 17.1 Å². The number of carbonyl (C=O) groups is 1. The Morgan fingerprint density at radius 1 is 1.15 bits per heavy atom. The quantitative estimate of drug-likeness (QED) is 0.683. The molecule has 1 amide bonds. The molecule has 1 N–H and O–H groups in total. The van der Waals surface area contributed by atoms with Gasteiger partial charge in [-0.05, 0) is 52.0 Å². The highest BCUT2D eigenvalue weighted by atomic mass is 32.2. The molecule has 0 fully saturated rings. The number of nitrogens with zero attached hydrogens (tertiary/aromatic N) is 4. The third-order valence-electron chi connectivity index (χ3n) is 3.69. The number of amides is 1. The fraction of sp³-hybridized carbons (Fsp3) is 0.300. The molecule has 1 aromatic carbocycles. The van der Waals surface area contributed by atoms with E-state index in [0.29, 0.717) is 11.0 Å². The monoisotopic (exact) mass is 381 g/mol. The van der Waals surface area contributed by atoms with Gasteiger partial charge < -0.3 is 5.32 Å². The van der Waals surface area contributed by atoms with Crippen molar-refractivity contribution in [1.82, 2.24) is 25.1 Å². The van der Waals surface area contributed by atoms with Crippen molar-refractivity contribution in [2.45, 2.75) is 38.4 Å². The maximum absolute atomic E-state index is 12.2. The van der Waals surface area contributed by atoms with E-state index >= 15 is 0 Å². The third-order valence-corrected chi connectivity index (χ3v) is 4.62. The second-order valence-corrected chi connectivity index (χ2v) is 8.25. The molecule has 0 atom stereocenters. The second-order valence-electron chi connectivity index (χ2n) is 7.31. The number of hydrogen-bond donors (Lipinski definition) is 1. The van der Waals surface area contributed by atoms with E-state index in [1.807, 2.05) is 68.7 Å². The summed E-state index contributed by atoms with van der Waals surface area (Å²) in [6.45, 7) is 7.94. The van der Waals surface area contributed by atoms with Gasteiger partial charge in [-0.2, -0.15) is 0 Å². The number of aromatic nitrogens is 4. The lowest BCUT2D eigenvalue weighted by Gasteiger charge is -2.20. The van der Waals surface area contributed by atoms with Crippen LogP contribution in [0.1, 0.15) is 26.3 Å². The van der Waals surface area contributed by atoms with E-state index in [-0.39, 0.29) is 17.2 Å². The number of benzene rings is 1. The Kier molecular flexibility index (Phi) is 5.60. The summed E-state index contributed by atoms with van der Waals surface area (Å²) in [6, 6.07) is 12.0. The normalized spacial score (nSPS) is 11.4. The average molecular weight is 382 g/mol. The Labute approximate surface area is 163 Å². The van der Waals surface area contributed by atoms with Gasteiger partial charge in [-0.3, -0.25) is 14.3 Å². The highest BCUT2D eigenvalue weighted by molar-refractivity contribution is 7.99. The Bertz CT molecular complexity index is 914. The largest absolute Gasteiger partial charge is 0.351 e. The van der Waals surface area contributed by atoms with E-state index in [4.69, 9.17) is 0 Å². The number of pyridine rings is 1. The van der Waals surface area contributed by atoms with Gasteiger partial charge in [0.25, 0.3) is 0 Å². The molecule has 0 radical (unpaired) electrons. The van der Waals surface area contributed by atoms with Crippen molar-refractivity contribution in [2.24, 2.45) is 0 Å². The van der Waals surface area contributed by atoms with Crippen molar-refractivity contribution in [2.75, 3.05) is 5.75 Å². The Morgan fingerprint density at radius 3 is 2.52 bits per heavy atom. The molecule has 0 saturated carbocycles. The molecular formula is C20H23N5OS. The van der Waals surface area contributed by atoms with E-state index in [2.05, 4.69) is 20.5 Å². The zero-order chi connectivity index (χ0) is 19.4. The Hall–Kier alpha value is -2.67. The van der Waals surface area contributed by atoms with Crippen LogP contribution in [-0.2, 0) is 4.79 Å². The molecule has 3 aromatic rings. The standard InChI is InChI=1S/C20H23N5OS/c1-14-7-9-16(10-8-14)25-18(15-6-5-11-21-12-15)23-24-19(25)27-13-17(26)22-20(2,3)4/h5-12H,13H2,1-4H3,(H,22,26). The SMILES string of the molecule is Cc1ccc(-n2c(SCC(=O)NC(C)(C)C)nnc2-c2cccnc2)cc1. The molecule has 140 valence electrons.